The Hall–Kier alpha value is -2.70. The van der Waals surface area contributed by atoms with Crippen molar-refractivity contribution in [2.24, 2.45) is 0 Å². The van der Waals surface area contributed by atoms with E-state index in [4.69, 9.17) is 9.47 Å². The summed E-state index contributed by atoms with van der Waals surface area (Å²) < 4.78 is 11.1. The molecule has 0 aromatic heterocycles. The minimum atomic E-state index is -1.14. The van der Waals surface area contributed by atoms with Gasteiger partial charge in [0.05, 0.1) is 13.2 Å². The standard InChI is InChI=1S/C24H30N2O4/c1-18(2)25-23(28)24(17-26(12-13-30-24)22(27)16-29-3)15-19-8-7-11-21(14-19)20-9-5-4-6-10-20/h4-11,14,18H,12-13,15-17H2,1-3H3,(H,25,28)/t24-/m0/s1. The molecule has 0 radical (unpaired) electrons. The van der Waals surface area contributed by atoms with Gasteiger partial charge in [-0.25, -0.2) is 0 Å². The van der Waals surface area contributed by atoms with E-state index >= 15 is 0 Å². The summed E-state index contributed by atoms with van der Waals surface area (Å²) in [4.78, 5) is 27.3. The van der Waals surface area contributed by atoms with Crippen molar-refractivity contribution in [2.75, 3.05) is 33.4 Å². The maximum absolute atomic E-state index is 13.2. The third-order valence-electron chi connectivity index (χ3n) is 5.16. The lowest BCUT2D eigenvalue weighted by atomic mass is 9.89. The zero-order valence-corrected chi connectivity index (χ0v) is 17.9. The number of nitrogens with zero attached hydrogens (tertiary/aromatic N) is 1. The van der Waals surface area contributed by atoms with Gasteiger partial charge in [-0.2, -0.15) is 0 Å². The predicted octanol–water partition coefficient (Wildman–Crippen LogP) is 2.66. The summed E-state index contributed by atoms with van der Waals surface area (Å²) in [6.45, 7) is 4.77. The fourth-order valence-corrected chi connectivity index (χ4v) is 3.75. The number of methoxy groups -OCH3 is 1. The normalized spacial score (nSPS) is 19.0. The molecule has 1 fully saturated rings. The van der Waals surface area contributed by atoms with E-state index in [0.717, 1.165) is 16.7 Å². The Morgan fingerprint density at radius 3 is 2.57 bits per heavy atom. The molecular formula is C24H30N2O4. The smallest absolute Gasteiger partial charge is 0.254 e. The van der Waals surface area contributed by atoms with Crippen LogP contribution < -0.4 is 5.32 Å². The molecular weight excluding hydrogens is 380 g/mol. The van der Waals surface area contributed by atoms with Crippen LogP contribution in [0.3, 0.4) is 0 Å². The van der Waals surface area contributed by atoms with E-state index in [1.54, 1.807) is 4.90 Å². The number of carbonyl (C=O) groups excluding carboxylic acids is 2. The Morgan fingerprint density at radius 2 is 1.87 bits per heavy atom. The molecule has 0 aliphatic carbocycles. The van der Waals surface area contributed by atoms with Crippen LogP contribution in [0, 0.1) is 0 Å². The number of morpholine rings is 1. The average molecular weight is 411 g/mol. The second-order valence-electron chi connectivity index (χ2n) is 7.96. The van der Waals surface area contributed by atoms with Crippen molar-refractivity contribution < 1.29 is 19.1 Å². The van der Waals surface area contributed by atoms with Gasteiger partial charge in [-0.15, -0.1) is 0 Å². The fourth-order valence-electron chi connectivity index (χ4n) is 3.75. The molecule has 2 amide bonds. The summed E-state index contributed by atoms with van der Waals surface area (Å²) in [5.41, 5.74) is 2.04. The zero-order valence-electron chi connectivity index (χ0n) is 17.9. The van der Waals surface area contributed by atoms with Crippen molar-refractivity contribution >= 4 is 11.8 Å². The van der Waals surface area contributed by atoms with E-state index in [1.165, 1.54) is 7.11 Å². The van der Waals surface area contributed by atoms with Crippen molar-refractivity contribution in [3.8, 4) is 11.1 Å². The molecule has 1 aliphatic heterocycles. The third-order valence-corrected chi connectivity index (χ3v) is 5.16. The lowest BCUT2D eigenvalue weighted by Crippen LogP contribution is -2.63. The number of hydrogen-bond donors (Lipinski definition) is 1. The van der Waals surface area contributed by atoms with Gasteiger partial charge in [0.1, 0.15) is 6.61 Å². The summed E-state index contributed by atoms with van der Waals surface area (Å²) in [5.74, 6) is -0.335. The van der Waals surface area contributed by atoms with Gasteiger partial charge < -0.3 is 19.7 Å². The van der Waals surface area contributed by atoms with Crippen LogP contribution in [0.25, 0.3) is 11.1 Å². The third kappa shape index (κ3) is 5.26. The Balaban J connectivity index is 1.90. The molecule has 1 aliphatic rings. The maximum atomic E-state index is 13.2. The van der Waals surface area contributed by atoms with Gasteiger partial charge in [0.25, 0.3) is 5.91 Å². The molecule has 1 N–H and O–H groups in total. The summed E-state index contributed by atoms with van der Waals surface area (Å²) in [6.07, 6.45) is 0.378. The molecule has 6 nitrogen and oxygen atoms in total. The van der Waals surface area contributed by atoms with E-state index in [-0.39, 0.29) is 31.0 Å². The van der Waals surface area contributed by atoms with E-state index in [2.05, 4.69) is 29.6 Å². The summed E-state index contributed by atoms with van der Waals surface area (Å²) >= 11 is 0. The highest BCUT2D eigenvalue weighted by Gasteiger charge is 2.45. The fraction of sp³-hybridized carbons (Fsp3) is 0.417. The topological polar surface area (TPSA) is 67.9 Å². The van der Waals surface area contributed by atoms with Crippen LogP contribution in [-0.2, 0) is 25.5 Å². The first-order chi connectivity index (χ1) is 14.4. The highest BCUT2D eigenvalue weighted by molar-refractivity contribution is 5.87. The molecule has 2 aromatic carbocycles. The van der Waals surface area contributed by atoms with Crippen LogP contribution in [0.5, 0.6) is 0 Å². The van der Waals surface area contributed by atoms with Gasteiger partial charge in [-0.3, -0.25) is 9.59 Å². The molecule has 2 aromatic rings. The van der Waals surface area contributed by atoms with E-state index < -0.39 is 5.60 Å². The second kappa shape index (κ2) is 9.87. The van der Waals surface area contributed by atoms with Gasteiger partial charge >= 0.3 is 0 Å². The van der Waals surface area contributed by atoms with Crippen LogP contribution in [0.15, 0.2) is 54.6 Å². The Morgan fingerprint density at radius 1 is 1.13 bits per heavy atom. The van der Waals surface area contributed by atoms with Gasteiger partial charge in [0.2, 0.25) is 5.91 Å². The van der Waals surface area contributed by atoms with Crippen LogP contribution >= 0.6 is 0 Å². The van der Waals surface area contributed by atoms with Crippen molar-refractivity contribution in [3.63, 3.8) is 0 Å². The number of carbonyl (C=O) groups is 2. The second-order valence-corrected chi connectivity index (χ2v) is 7.96. The average Bonchev–Trinajstić information content (AvgIpc) is 2.74. The Labute approximate surface area is 178 Å². The molecule has 1 atom stereocenters. The van der Waals surface area contributed by atoms with Crippen LogP contribution in [0.4, 0.5) is 0 Å². The minimum absolute atomic E-state index is 0.00856. The van der Waals surface area contributed by atoms with Crippen molar-refractivity contribution in [3.05, 3.63) is 60.2 Å². The van der Waals surface area contributed by atoms with Gasteiger partial charge in [-0.1, -0.05) is 54.6 Å². The first-order valence-electron chi connectivity index (χ1n) is 10.3. The number of benzene rings is 2. The highest BCUT2D eigenvalue weighted by atomic mass is 16.5. The monoisotopic (exact) mass is 410 g/mol. The number of hydrogen-bond acceptors (Lipinski definition) is 4. The van der Waals surface area contributed by atoms with E-state index in [1.807, 2.05) is 44.2 Å². The number of ether oxygens (including phenoxy) is 2. The first kappa shape index (κ1) is 22.0. The molecule has 0 spiro atoms. The number of amides is 2. The molecule has 0 saturated carbocycles. The quantitative estimate of drug-likeness (QED) is 0.762. The largest absolute Gasteiger partial charge is 0.375 e. The van der Waals surface area contributed by atoms with E-state index in [0.29, 0.717) is 19.6 Å². The lowest BCUT2D eigenvalue weighted by molar-refractivity contribution is -0.167. The SMILES string of the molecule is COCC(=O)N1CCO[C@](Cc2cccc(-c3ccccc3)c2)(C(=O)NC(C)C)C1. The number of nitrogens with one attached hydrogen (secondary N) is 1. The van der Waals surface area contributed by atoms with Crippen molar-refractivity contribution in [1.82, 2.24) is 10.2 Å². The summed E-state index contributed by atoms with van der Waals surface area (Å²) in [5, 5.41) is 2.98. The van der Waals surface area contributed by atoms with Gasteiger partial charge in [0.15, 0.2) is 5.60 Å². The number of rotatable bonds is 7. The summed E-state index contributed by atoms with van der Waals surface area (Å²) in [7, 11) is 1.49. The molecule has 6 heteroatoms. The Bertz CT molecular complexity index is 869. The molecule has 160 valence electrons. The first-order valence-corrected chi connectivity index (χ1v) is 10.3. The van der Waals surface area contributed by atoms with E-state index in [9.17, 15) is 9.59 Å². The minimum Gasteiger partial charge on any atom is -0.375 e. The van der Waals surface area contributed by atoms with Gasteiger partial charge in [-0.05, 0) is 30.5 Å². The molecule has 3 rings (SSSR count). The lowest BCUT2D eigenvalue weighted by Gasteiger charge is -2.42. The zero-order chi connectivity index (χ0) is 21.6. The Kier molecular flexibility index (Phi) is 7.24. The molecule has 30 heavy (non-hydrogen) atoms. The predicted molar refractivity (Wildman–Crippen MR) is 116 cm³/mol. The molecule has 1 saturated heterocycles. The van der Waals surface area contributed by atoms with Crippen molar-refractivity contribution in [2.45, 2.75) is 31.9 Å². The van der Waals surface area contributed by atoms with Crippen LogP contribution in [0.1, 0.15) is 19.4 Å². The highest BCUT2D eigenvalue weighted by Crippen LogP contribution is 2.27. The molecule has 1 heterocycles. The molecule has 0 bridgehead atoms. The van der Waals surface area contributed by atoms with Crippen molar-refractivity contribution in [1.29, 1.82) is 0 Å². The van der Waals surface area contributed by atoms with Crippen LogP contribution in [-0.4, -0.2) is 61.8 Å². The van der Waals surface area contributed by atoms with Crippen LogP contribution in [0.2, 0.25) is 0 Å². The maximum Gasteiger partial charge on any atom is 0.254 e. The van der Waals surface area contributed by atoms with Gasteiger partial charge in [0, 0.05) is 26.1 Å². The summed E-state index contributed by atoms with van der Waals surface area (Å²) in [6, 6.07) is 18.2. The molecule has 0 unspecified atom stereocenters.